The van der Waals surface area contributed by atoms with Crippen molar-refractivity contribution in [2.75, 3.05) is 52.5 Å². The molecule has 0 atom stereocenters. The molecule has 0 aromatic carbocycles. The minimum absolute atomic E-state index is 0.0598. The van der Waals surface area contributed by atoms with Crippen molar-refractivity contribution in [1.82, 2.24) is 9.80 Å². The zero-order valence-corrected chi connectivity index (χ0v) is 9.60. The third-order valence-corrected chi connectivity index (χ3v) is 2.53. The fourth-order valence-corrected chi connectivity index (χ4v) is 1.66. The Morgan fingerprint density at radius 2 is 2.19 bits per heavy atom. The quantitative estimate of drug-likeness (QED) is 0.612. The van der Waals surface area contributed by atoms with Crippen LogP contribution < -0.4 is 0 Å². The lowest BCUT2D eigenvalue weighted by atomic mass is 10.3. The van der Waals surface area contributed by atoms with Crippen LogP contribution in [0.5, 0.6) is 0 Å². The van der Waals surface area contributed by atoms with Crippen molar-refractivity contribution in [1.29, 1.82) is 0 Å². The monoisotopic (exact) mass is 228 g/mol. The molecule has 1 rings (SSSR count). The number of aliphatic hydroxyl groups is 1. The van der Waals surface area contributed by atoms with Gasteiger partial charge in [-0.05, 0) is 0 Å². The first kappa shape index (κ1) is 13.2. The van der Waals surface area contributed by atoms with E-state index in [-0.39, 0.29) is 12.5 Å². The van der Waals surface area contributed by atoms with Gasteiger partial charge in [0.15, 0.2) is 0 Å². The topological polar surface area (TPSA) is 53.0 Å². The maximum atomic E-state index is 11.9. The Hall–Kier alpha value is -0.910. The number of hydrogen-bond donors (Lipinski definition) is 1. The van der Waals surface area contributed by atoms with Gasteiger partial charge in [-0.3, -0.25) is 9.69 Å². The van der Waals surface area contributed by atoms with Gasteiger partial charge < -0.3 is 14.7 Å². The lowest BCUT2D eigenvalue weighted by molar-refractivity contribution is -0.136. The Kier molecular flexibility index (Phi) is 6.07. The van der Waals surface area contributed by atoms with E-state index >= 15 is 0 Å². The maximum absolute atomic E-state index is 11.9. The maximum Gasteiger partial charge on any atom is 0.236 e. The van der Waals surface area contributed by atoms with Crippen LogP contribution in [0.3, 0.4) is 0 Å². The number of hydrogen-bond acceptors (Lipinski definition) is 4. The number of nitrogens with zero attached hydrogens (tertiary/aromatic N) is 2. The zero-order valence-electron chi connectivity index (χ0n) is 9.60. The van der Waals surface area contributed by atoms with Crippen LogP contribution in [0, 0.1) is 0 Å². The minimum Gasteiger partial charge on any atom is -0.395 e. The molecule has 1 saturated heterocycles. The normalized spacial score (nSPS) is 16.5. The summed E-state index contributed by atoms with van der Waals surface area (Å²) in [5, 5.41) is 8.87. The Morgan fingerprint density at radius 3 is 2.75 bits per heavy atom. The van der Waals surface area contributed by atoms with E-state index in [0.717, 1.165) is 0 Å². The van der Waals surface area contributed by atoms with Crippen LogP contribution in [-0.4, -0.2) is 73.4 Å². The number of carbonyl (C=O) groups excluding carboxylic acids is 1. The summed E-state index contributed by atoms with van der Waals surface area (Å²) in [4.78, 5) is 15.6. The van der Waals surface area contributed by atoms with E-state index in [1.807, 2.05) is 4.90 Å². The lowest BCUT2D eigenvalue weighted by Crippen LogP contribution is -2.46. The Bertz CT molecular complexity index is 227. The molecule has 0 aromatic rings. The molecule has 1 N–H and O–H groups in total. The molecule has 1 amide bonds. The van der Waals surface area contributed by atoms with Gasteiger partial charge in [-0.2, -0.15) is 0 Å². The molecule has 1 heterocycles. The number of amides is 1. The fourth-order valence-electron chi connectivity index (χ4n) is 1.66. The van der Waals surface area contributed by atoms with Crippen LogP contribution in [0.15, 0.2) is 12.7 Å². The predicted molar refractivity (Wildman–Crippen MR) is 61.1 cm³/mol. The average molecular weight is 228 g/mol. The molecule has 0 saturated carbocycles. The highest BCUT2D eigenvalue weighted by Gasteiger charge is 2.18. The molecule has 0 aromatic heterocycles. The van der Waals surface area contributed by atoms with E-state index in [4.69, 9.17) is 9.84 Å². The summed E-state index contributed by atoms with van der Waals surface area (Å²) in [5.74, 6) is 0.0959. The van der Waals surface area contributed by atoms with Crippen molar-refractivity contribution in [3.05, 3.63) is 12.7 Å². The Morgan fingerprint density at radius 1 is 1.50 bits per heavy atom. The van der Waals surface area contributed by atoms with Crippen LogP contribution in [0.2, 0.25) is 0 Å². The van der Waals surface area contributed by atoms with Gasteiger partial charge in [0.1, 0.15) is 0 Å². The molecule has 1 fully saturated rings. The second-order valence-corrected chi connectivity index (χ2v) is 3.74. The number of aliphatic hydroxyl groups excluding tert-OH is 1. The van der Waals surface area contributed by atoms with E-state index < -0.39 is 0 Å². The van der Waals surface area contributed by atoms with Crippen molar-refractivity contribution < 1.29 is 14.6 Å². The molecule has 16 heavy (non-hydrogen) atoms. The molecule has 0 bridgehead atoms. The van der Waals surface area contributed by atoms with E-state index in [9.17, 15) is 4.79 Å². The minimum atomic E-state index is 0.0598. The van der Waals surface area contributed by atoms with Gasteiger partial charge >= 0.3 is 0 Å². The van der Waals surface area contributed by atoms with Crippen molar-refractivity contribution in [2.45, 2.75) is 0 Å². The number of rotatable bonds is 6. The Labute approximate surface area is 96.3 Å². The van der Waals surface area contributed by atoms with E-state index in [1.54, 1.807) is 11.0 Å². The number of morpholine rings is 1. The van der Waals surface area contributed by atoms with Crippen LogP contribution in [-0.2, 0) is 9.53 Å². The molecule has 1 aliphatic heterocycles. The molecule has 5 heteroatoms. The number of carbonyl (C=O) groups is 1. The highest BCUT2D eigenvalue weighted by Crippen LogP contribution is 1.99. The summed E-state index contributed by atoms with van der Waals surface area (Å²) >= 11 is 0. The smallest absolute Gasteiger partial charge is 0.236 e. The van der Waals surface area contributed by atoms with E-state index in [0.29, 0.717) is 45.9 Å². The van der Waals surface area contributed by atoms with Crippen molar-refractivity contribution in [3.63, 3.8) is 0 Å². The van der Waals surface area contributed by atoms with Gasteiger partial charge in [-0.25, -0.2) is 0 Å². The van der Waals surface area contributed by atoms with Crippen LogP contribution in [0.25, 0.3) is 0 Å². The number of ether oxygens (including phenoxy) is 1. The second kappa shape index (κ2) is 7.38. The van der Waals surface area contributed by atoms with Gasteiger partial charge in [0, 0.05) is 26.2 Å². The van der Waals surface area contributed by atoms with Crippen LogP contribution in [0.4, 0.5) is 0 Å². The summed E-state index contributed by atoms with van der Waals surface area (Å²) in [6.45, 7) is 7.73. The molecule has 0 unspecified atom stereocenters. The molecular weight excluding hydrogens is 208 g/mol. The fraction of sp³-hybridized carbons (Fsp3) is 0.727. The average Bonchev–Trinajstić information content (AvgIpc) is 2.31. The lowest BCUT2D eigenvalue weighted by Gasteiger charge is -2.29. The van der Waals surface area contributed by atoms with Crippen LogP contribution >= 0.6 is 0 Å². The molecule has 5 nitrogen and oxygen atoms in total. The third kappa shape index (κ3) is 4.30. The largest absolute Gasteiger partial charge is 0.395 e. The van der Waals surface area contributed by atoms with Gasteiger partial charge in [0.2, 0.25) is 5.91 Å². The molecular formula is C11H20N2O3. The summed E-state index contributed by atoms with van der Waals surface area (Å²) < 4.78 is 5.19. The first-order valence-electron chi connectivity index (χ1n) is 5.57. The van der Waals surface area contributed by atoms with Gasteiger partial charge in [0.25, 0.3) is 0 Å². The Balaban J connectivity index is 2.36. The summed E-state index contributed by atoms with van der Waals surface area (Å²) in [7, 11) is 0. The molecule has 0 radical (unpaired) electrons. The summed E-state index contributed by atoms with van der Waals surface area (Å²) in [6.07, 6.45) is 1.74. The second-order valence-electron chi connectivity index (χ2n) is 3.74. The van der Waals surface area contributed by atoms with Gasteiger partial charge in [-0.15, -0.1) is 6.58 Å². The first-order valence-corrected chi connectivity index (χ1v) is 5.57. The third-order valence-electron chi connectivity index (χ3n) is 2.53. The van der Waals surface area contributed by atoms with Crippen molar-refractivity contribution >= 4 is 5.91 Å². The highest BCUT2D eigenvalue weighted by molar-refractivity contribution is 5.78. The zero-order chi connectivity index (χ0) is 11.8. The highest BCUT2D eigenvalue weighted by atomic mass is 16.5. The van der Waals surface area contributed by atoms with Gasteiger partial charge in [0.05, 0.1) is 26.4 Å². The SMILES string of the molecule is C=CCN(CCO)CC(=O)N1CCOCC1. The molecule has 0 aliphatic carbocycles. The summed E-state index contributed by atoms with van der Waals surface area (Å²) in [6, 6.07) is 0. The molecule has 92 valence electrons. The van der Waals surface area contributed by atoms with Crippen molar-refractivity contribution in [2.24, 2.45) is 0 Å². The summed E-state index contributed by atoms with van der Waals surface area (Å²) in [5.41, 5.74) is 0. The standard InChI is InChI=1S/C11H20N2O3/c1-2-3-12(4-7-14)10-11(15)13-5-8-16-9-6-13/h2,14H,1,3-10H2. The first-order chi connectivity index (χ1) is 7.77. The molecule has 1 aliphatic rings. The van der Waals surface area contributed by atoms with Crippen molar-refractivity contribution in [3.8, 4) is 0 Å². The predicted octanol–water partition coefficient (Wildman–Crippen LogP) is -0.674. The van der Waals surface area contributed by atoms with Crippen LogP contribution in [0.1, 0.15) is 0 Å². The van der Waals surface area contributed by atoms with E-state index in [2.05, 4.69) is 6.58 Å². The van der Waals surface area contributed by atoms with Gasteiger partial charge in [-0.1, -0.05) is 6.08 Å². The van der Waals surface area contributed by atoms with E-state index in [1.165, 1.54) is 0 Å². The molecule has 0 spiro atoms.